The maximum Gasteiger partial charge on any atom is 4.00 e. The molecule has 0 spiro atoms. The molecule has 0 fully saturated rings. The Morgan fingerprint density at radius 2 is 0.640 bits per heavy atom. The first-order valence-electron chi connectivity index (χ1n) is 16.2. The second-order valence-corrected chi connectivity index (χ2v) is 17.7. The van der Waals surface area contributed by atoms with Crippen LogP contribution in [0.5, 0.6) is 0 Å². The van der Waals surface area contributed by atoms with Gasteiger partial charge in [0.05, 0.1) is 0 Å². The Balaban J connectivity index is 0.00000600. The third kappa shape index (κ3) is 8.29. The zero-order valence-corrected chi connectivity index (χ0v) is 37.8. The number of hydrogen-bond donors (Lipinski definition) is 0. The van der Waals surface area contributed by atoms with Crippen LogP contribution in [0.15, 0.2) is 54.6 Å². The van der Waals surface area contributed by atoms with E-state index < -0.39 is 8.07 Å². The molecule has 0 aliphatic carbocycles. The fraction of sp³-hybridized carbons (Fsp3) is 0.410. The third-order valence-corrected chi connectivity index (χ3v) is 15.2. The normalized spacial score (nSPS) is 10.6. The molecular weight excluding hydrogens is 735 g/mol. The molecule has 0 N–H and O–H groups in total. The van der Waals surface area contributed by atoms with Gasteiger partial charge in [-0.05, 0) is 52.0 Å². The van der Waals surface area contributed by atoms with E-state index in [0.717, 1.165) is 0 Å². The van der Waals surface area contributed by atoms with Gasteiger partial charge < -0.3 is 66.6 Å². The van der Waals surface area contributed by atoms with Crippen LogP contribution in [-0.2, 0) is 21.7 Å². The van der Waals surface area contributed by atoms with Crippen molar-refractivity contribution < 1.29 is 58.9 Å². The molecule has 0 amide bonds. The van der Waals surface area contributed by atoms with Crippen LogP contribution in [0.3, 0.4) is 0 Å². The Morgan fingerprint density at radius 1 is 0.400 bits per heavy atom. The molecule has 272 valence electrons. The molecule has 0 aromatic heterocycles. The minimum absolute atomic E-state index is 0. The van der Waals surface area contributed by atoms with Gasteiger partial charge in [-0.3, -0.25) is 0 Å². The van der Waals surface area contributed by atoms with Gasteiger partial charge >= 0.3 is 21.7 Å². The van der Waals surface area contributed by atoms with E-state index in [2.05, 4.69) is 196 Å². The second kappa shape index (κ2) is 18.4. The first-order valence-corrected chi connectivity index (χ1v) is 18.2. The number of anilines is 6. The number of hydrogen-bond acceptors (Lipinski definition) is 6. The fourth-order valence-electron chi connectivity index (χ4n) is 7.08. The number of halogens is 3. The van der Waals surface area contributed by atoms with E-state index >= 15 is 0 Å². The summed E-state index contributed by atoms with van der Waals surface area (Å²) in [5, 5.41) is 5.71. The van der Waals surface area contributed by atoms with Gasteiger partial charge in [0.25, 0.3) is 0 Å². The first kappa shape index (κ1) is 47.6. The molecular formula is C39H57Cl3N6SiTi. The van der Waals surface area contributed by atoms with Crippen LogP contribution >= 0.6 is 0 Å². The predicted molar refractivity (Wildman–Crippen MR) is 211 cm³/mol. The van der Waals surface area contributed by atoms with Crippen LogP contribution in [0, 0.1) is 27.7 Å². The van der Waals surface area contributed by atoms with Gasteiger partial charge in [0.1, 0.15) is 8.07 Å². The molecule has 0 aliphatic heterocycles. The van der Waals surface area contributed by atoms with E-state index in [-0.39, 0.29) is 58.9 Å². The van der Waals surface area contributed by atoms with Crippen molar-refractivity contribution in [3.05, 3.63) is 76.9 Å². The van der Waals surface area contributed by atoms with Crippen LogP contribution in [0.2, 0.25) is 0 Å². The van der Waals surface area contributed by atoms with E-state index in [4.69, 9.17) is 0 Å². The summed E-state index contributed by atoms with van der Waals surface area (Å²) in [5.41, 5.74) is 13.0. The Hall–Kier alpha value is -2.39. The van der Waals surface area contributed by atoms with Gasteiger partial charge in [-0.2, -0.15) is 22.3 Å². The summed E-state index contributed by atoms with van der Waals surface area (Å²) in [7, 11) is 22.9. The topological polar surface area (TPSA) is 19.4 Å². The molecule has 4 aromatic rings. The molecule has 0 saturated carbocycles. The van der Waals surface area contributed by atoms with Crippen molar-refractivity contribution in [2.24, 2.45) is 0 Å². The minimum atomic E-state index is -3.08. The summed E-state index contributed by atoms with van der Waals surface area (Å²) in [6, 6.07) is 21.5. The average molecular weight is 792 g/mol. The zero-order valence-electron chi connectivity index (χ0n) is 33.0. The Labute approximate surface area is 338 Å². The van der Waals surface area contributed by atoms with Crippen LogP contribution in [0.1, 0.15) is 22.3 Å². The maximum absolute atomic E-state index is 3.08. The molecule has 0 aliphatic rings. The first-order chi connectivity index (χ1) is 21.5. The fourth-order valence-corrected chi connectivity index (χ4v) is 13.3. The van der Waals surface area contributed by atoms with E-state index in [1.54, 1.807) is 0 Å². The number of benzene rings is 3. The molecule has 0 bridgehead atoms. The van der Waals surface area contributed by atoms with Crippen LogP contribution in [0.25, 0.3) is 0 Å². The van der Waals surface area contributed by atoms with Gasteiger partial charge in [-0.1, -0.05) is 45.9 Å². The van der Waals surface area contributed by atoms with Gasteiger partial charge in [0.15, 0.2) is 0 Å². The smallest absolute Gasteiger partial charge is 1.00 e. The van der Waals surface area contributed by atoms with Crippen molar-refractivity contribution in [2.75, 3.05) is 114 Å². The molecule has 50 heavy (non-hydrogen) atoms. The quantitative estimate of drug-likeness (QED) is 0.0911. The van der Waals surface area contributed by atoms with Gasteiger partial charge in [-0.15, -0.1) is 5.19 Å². The molecule has 0 heterocycles. The summed E-state index contributed by atoms with van der Waals surface area (Å²) in [6.45, 7) is 9.35. The average Bonchev–Trinajstić information content (AvgIpc) is 3.19. The molecule has 11 heteroatoms. The van der Waals surface area contributed by atoms with E-state index in [1.165, 1.54) is 77.1 Å². The standard InChI is InChI=1S/C39H57N6Si.3ClH.Ti/c1-26-27(2)29(4)39(28(26)3)46(36-20-17-30(40(5)6)23-33(36)43(11)12,37-21-18-31(41(7)8)24-34(37)44(13)14)38-22-19-32(42(9)10)25-35(38)45(15)16;;;;/h17-25H,1-16H3;3*1H;/q-1;;;;+4/p-3. The van der Waals surface area contributed by atoms with Crippen LogP contribution in [-0.4, -0.2) is 92.6 Å². The number of rotatable bonds is 10. The van der Waals surface area contributed by atoms with Gasteiger partial charge in [-0.25, -0.2) is 0 Å². The minimum Gasteiger partial charge on any atom is -1.00 e. The van der Waals surface area contributed by atoms with E-state index in [1.807, 2.05) is 0 Å². The molecule has 0 saturated heterocycles. The molecule has 0 atom stereocenters. The molecule has 6 nitrogen and oxygen atoms in total. The Bertz CT molecular complexity index is 1550. The molecule has 0 unspecified atom stereocenters. The Morgan fingerprint density at radius 3 is 0.840 bits per heavy atom. The van der Waals surface area contributed by atoms with Crippen molar-refractivity contribution in [1.29, 1.82) is 0 Å². The largest absolute Gasteiger partial charge is 4.00 e. The van der Waals surface area contributed by atoms with Crippen molar-refractivity contribution in [1.82, 2.24) is 0 Å². The summed E-state index contributed by atoms with van der Waals surface area (Å²) in [6.07, 6.45) is 0. The van der Waals surface area contributed by atoms with Crippen molar-refractivity contribution in [3.8, 4) is 0 Å². The monoisotopic (exact) mass is 790 g/mol. The van der Waals surface area contributed by atoms with Crippen molar-refractivity contribution >= 4 is 62.9 Å². The third-order valence-electron chi connectivity index (χ3n) is 9.96. The van der Waals surface area contributed by atoms with Gasteiger partial charge in [0.2, 0.25) is 0 Å². The molecule has 4 aromatic carbocycles. The molecule has 4 rings (SSSR count). The number of nitrogens with zero attached hydrogens (tertiary/aromatic N) is 6. The molecule has 0 radical (unpaired) electrons. The van der Waals surface area contributed by atoms with Crippen LogP contribution in [0.4, 0.5) is 34.1 Å². The summed E-state index contributed by atoms with van der Waals surface area (Å²) >= 11 is 0. The van der Waals surface area contributed by atoms with E-state index in [0.29, 0.717) is 0 Å². The summed E-state index contributed by atoms with van der Waals surface area (Å²) in [5.74, 6) is 0. The second-order valence-electron chi connectivity index (χ2n) is 14.1. The predicted octanol–water partition coefficient (Wildman–Crippen LogP) is -4.58. The maximum atomic E-state index is 2.45. The van der Waals surface area contributed by atoms with Crippen LogP contribution < -0.4 is 87.4 Å². The summed E-state index contributed by atoms with van der Waals surface area (Å²) in [4.78, 5) is 13.6. The zero-order chi connectivity index (χ0) is 34.4. The summed E-state index contributed by atoms with van der Waals surface area (Å²) < 4.78 is 0. The van der Waals surface area contributed by atoms with Crippen molar-refractivity contribution in [3.63, 3.8) is 0 Å². The Kier molecular flexibility index (Phi) is 17.5. The van der Waals surface area contributed by atoms with E-state index in [9.17, 15) is 0 Å². The SMILES string of the molecule is Cc1c(C)c(C)[c-]([Si](c2ccc(N(C)C)cc2N(C)C)(c2ccc(N(C)C)cc2N(C)C)c2ccc(N(C)C)cc2N(C)C)c1C.[Cl-].[Cl-].[Cl-].[Ti+4]. The van der Waals surface area contributed by atoms with Crippen molar-refractivity contribution in [2.45, 2.75) is 27.7 Å². The van der Waals surface area contributed by atoms with Gasteiger partial charge in [0, 0.05) is 119 Å².